The molecule has 1 amide bonds. The molecule has 15 heavy (non-hydrogen) atoms. The highest BCUT2D eigenvalue weighted by molar-refractivity contribution is 9.10. The minimum atomic E-state index is -0.138. The molecule has 1 N–H and O–H groups in total. The van der Waals surface area contributed by atoms with Gasteiger partial charge < -0.3 is 5.32 Å². The molecule has 1 aromatic rings. The Balaban J connectivity index is 2.66. The first-order chi connectivity index (χ1) is 7.13. The minimum absolute atomic E-state index is 0.0190. The SMILES string of the molecule is C#CCC(C)NC(=O)c1ccnc(Br)c1. The number of amides is 1. The highest BCUT2D eigenvalue weighted by atomic mass is 79.9. The molecule has 1 heterocycles. The Labute approximate surface area is 97.4 Å². The van der Waals surface area contributed by atoms with Crippen LogP contribution in [0.2, 0.25) is 0 Å². The van der Waals surface area contributed by atoms with Crippen LogP contribution in [0, 0.1) is 12.3 Å². The van der Waals surface area contributed by atoms with Crippen LogP contribution < -0.4 is 5.32 Å². The van der Waals surface area contributed by atoms with Gasteiger partial charge in [0.05, 0.1) is 0 Å². The zero-order chi connectivity index (χ0) is 11.3. The van der Waals surface area contributed by atoms with E-state index < -0.39 is 0 Å². The normalized spacial score (nSPS) is 11.5. The van der Waals surface area contributed by atoms with Gasteiger partial charge in [-0.05, 0) is 35.0 Å². The zero-order valence-electron chi connectivity index (χ0n) is 8.33. The van der Waals surface area contributed by atoms with E-state index in [1.807, 2.05) is 6.92 Å². The van der Waals surface area contributed by atoms with E-state index in [9.17, 15) is 4.79 Å². The number of carbonyl (C=O) groups is 1. The molecule has 4 heteroatoms. The fourth-order valence-electron chi connectivity index (χ4n) is 1.08. The molecule has 0 spiro atoms. The van der Waals surface area contributed by atoms with Crippen molar-refractivity contribution in [2.75, 3.05) is 0 Å². The summed E-state index contributed by atoms with van der Waals surface area (Å²) in [5.74, 6) is 2.36. The molecule has 3 nitrogen and oxygen atoms in total. The summed E-state index contributed by atoms with van der Waals surface area (Å²) in [7, 11) is 0. The topological polar surface area (TPSA) is 42.0 Å². The van der Waals surface area contributed by atoms with Gasteiger partial charge in [-0.25, -0.2) is 4.98 Å². The molecule has 1 aromatic heterocycles. The van der Waals surface area contributed by atoms with Crippen molar-refractivity contribution in [3.8, 4) is 12.3 Å². The molecule has 1 rings (SSSR count). The molecule has 0 saturated heterocycles. The maximum Gasteiger partial charge on any atom is 0.251 e. The lowest BCUT2D eigenvalue weighted by Gasteiger charge is -2.10. The molecule has 0 fully saturated rings. The molecule has 1 atom stereocenters. The second-order valence-electron chi connectivity index (χ2n) is 3.15. The van der Waals surface area contributed by atoms with E-state index in [0.717, 1.165) is 0 Å². The third-order valence-electron chi connectivity index (χ3n) is 1.79. The van der Waals surface area contributed by atoms with E-state index >= 15 is 0 Å². The summed E-state index contributed by atoms with van der Waals surface area (Å²) < 4.78 is 0.639. The molecule has 78 valence electrons. The number of pyridine rings is 1. The molecule has 0 aliphatic carbocycles. The highest BCUT2D eigenvalue weighted by Gasteiger charge is 2.08. The fourth-order valence-corrected chi connectivity index (χ4v) is 1.44. The van der Waals surface area contributed by atoms with Gasteiger partial charge in [-0.1, -0.05) is 0 Å². The van der Waals surface area contributed by atoms with Crippen LogP contribution in [0.25, 0.3) is 0 Å². The number of nitrogens with one attached hydrogen (secondary N) is 1. The molecule has 0 aliphatic rings. The van der Waals surface area contributed by atoms with Crippen LogP contribution in [0.5, 0.6) is 0 Å². The van der Waals surface area contributed by atoms with E-state index in [1.54, 1.807) is 18.3 Å². The Morgan fingerprint density at radius 1 is 1.80 bits per heavy atom. The minimum Gasteiger partial charge on any atom is -0.349 e. The third kappa shape index (κ3) is 3.72. The molecule has 1 unspecified atom stereocenters. The summed E-state index contributed by atoms with van der Waals surface area (Å²) >= 11 is 3.20. The smallest absolute Gasteiger partial charge is 0.251 e. The standard InChI is InChI=1S/C11H11BrN2O/c1-3-4-8(2)14-11(15)9-5-6-13-10(12)7-9/h1,5-8H,4H2,2H3,(H,14,15). The molecule has 0 aliphatic heterocycles. The van der Waals surface area contributed by atoms with Gasteiger partial charge in [0.15, 0.2) is 0 Å². The molecular weight excluding hydrogens is 256 g/mol. The predicted octanol–water partition coefficient (Wildman–Crippen LogP) is 1.99. The fraction of sp³-hybridized carbons (Fsp3) is 0.273. The summed E-state index contributed by atoms with van der Waals surface area (Å²) in [6, 6.07) is 3.30. The van der Waals surface area contributed by atoms with Gasteiger partial charge in [0.2, 0.25) is 0 Å². The van der Waals surface area contributed by atoms with Crippen LogP contribution in [0.3, 0.4) is 0 Å². The highest BCUT2D eigenvalue weighted by Crippen LogP contribution is 2.08. The Kier molecular flexibility index (Phi) is 4.32. The van der Waals surface area contributed by atoms with Crippen LogP contribution in [-0.2, 0) is 0 Å². The van der Waals surface area contributed by atoms with Gasteiger partial charge >= 0.3 is 0 Å². The van der Waals surface area contributed by atoms with Crippen molar-refractivity contribution >= 4 is 21.8 Å². The number of aromatic nitrogens is 1. The Morgan fingerprint density at radius 2 is 2.53 bits per heavy atom. The number of terminal acetylenes is 1. The van der Waals surface area contributed by atoms with Crippen LogP contribution in [-0.4, -0.2) is 16.9 Å². The zero-order valence-corrected chi connectivity index (χ0v) is 9.91. The Morgan fingerprint density at radius 3 is 3.13 bits per heavy atom. The average molecular weight is 267 g/mol. The predicted molar refractivity (Wildman–Crippen MR) is 62.3 cm³/mol. The van der Waals surface area contributed by atoms with E-state index in [2.05, 4.69) is 32.2 Å². The van der Waals surface area contributed by atoms with Gasteiger partial charge in [0, 0.05) is 24.2 Å². The van der Waals surface area contributed by atoms with Gasteiger partial charge in [0.25, 0.3) is 5.91 Å². The number of rotatable bonds is 3. The molecule has 0 saturated carbocycles. The van der Waals surface area contributed by atoms with Crippen LogP contribution >= 0.6 is 15.9 Å². The van der Waals surface area contributed by atoms with E-state index in [4.69, 9.17) is 6.42 Å². The maximum absolute atomic E-state index is 11.7. The van der Waals surface area contributed by atoms with Crippen LogP contribution in [0.15, 0.2) is 22.9 Å². The van der Waals surface area contributed by atoms with Crippen molar-refractivity contribution in [1.82, 2.24) is 10.3 Å². The van der Waals surface area contributed by atoms with Crippen molar-refractivity contribution in [3.63, 3.8) is 0 Å². The van der Waals surface area contributed by atoms with Crippen LogP contribution in [0.4, 0.5) is 0 Å². The lowest BCUT2D eigenvalue weighted by molar-refractivity contribution is 0.0940. The van der Waals surface area contributed by atoms with Crippen molar-refractivity contribution in [2.45, 2.75) is 19.4 Å². The lowest BCUT2D eigenvalue weighted by atomic mass is 10.2. The van der Waals surface area contributed by atoms with Crippen molar-refractivity contribution in [2.24, 2.45) is 0 Å². The van der Waals surface area contributed by atoms with Gasteiger partial charge in [0.1, 0.15) is 4.60 Å². The molecule has 0 bridgehead atoms. The summed E-state index contributed by atoms with van der Waals surface area (Å²) in [4.78, 5) is 15.6. The lowest BCUT2D eigenvalue weighted by Crippen LogP contribution is -2.32. The quantitative estimate of drug-likeness (QED) is 0.672. The molecule has 0 aromatic carbocycles. The maximum atomic E-state index is 11.7. The number of nitrogens with zero attached hydrogens (tertiary/aromatic N) is 1. The Bertz CT molecular complexity index is 398. The van der Waals surface area contributed by atoms with Crippen molar-refractivity contribution < 1.29 is 4.79 Å². The third-order valence-corrected chi connectivity index (χ3v) is 2.22. The number of carbonyl (C=O) groups excluding carboxylic acids is 1. The largest absolute Gasteiger partial charge is 0.349 e. The van der Waals surface area contributed by atoms with E-state index in [-0.39, 0.29) is 11.9 Å². The Hall–Kier alpha value is -1.34. The second kappa shape index (κ2) is 5.52. The molecule has 0 radical (unpaired) electrons. The summed E-state index contributed by atoms with van der Waals surface area (Å²) in [5, 5.41) is 2.79. The molecular formula is C11H11BrN2O. The first-order valence-corrected chi connectivity index (χ1v) is 5.28. The number of hydrogen-bond acceptors (Lipinski definition) is 2. The van der Waals surface area contributed by atoms with Crippen molar-refractivity contribution in [1.29, 1.82) is 0 Å². The summed E-state index contributed by atoms with van der Waals surface area (Å²) in [6.45, 7) is 1.87. The van der Waals surface area contributed by atoms with Gasteiger partial charge in [-0.3, -0.25) is 4.79 Å². The van der Waals surface area contributed by atoms with Crippen LogP contribution in [0.1, 0.15) is 23.7 Å². The average Bonchev–Trinajstić information content (AvgIpc) is 2.18. The second-order valence-corrected chi connectivity index (χ2v) is 3.96. The van der Waals surface area contributed by atoms with E-state index in [1.165, 1.54) is 0 Å². The number of halogens is 1. The first-order valence-electron chi connectivity index (χ1n) is 4.49. The number of hydrogen-bond donors (Lipinski definition) is 1. The van der Waals surface area contributed by atoms with E-state index in [0.29, 0.717) is 16.6 Å². The monoisotopic (exact) mass is 266 g/mol. The first kappa shape index (κ1) is 11.7. The van der Waals surface area contributed by atoms with Gasteiger partial charge in [-0.2, -0.15) is 0 Å². The summed E-state index contributed by atoms with van der Waals surface area (Å²) in [5.41, 5.74) is 0.570. The van der Waals surface area contributed by atoms with Gasteiger partial charge in [-0.15, -0.1) is 12.3 Å². The summed E-state index contributed by atoms with van der Waals surface area (Å²) in [6.07, 6.45) is 7.25. The van der Waals surface area contributed by atoms with Crippen molar-refractivity contribution in [3.05, 3.63) is 28.5 Å².